The summed E-state index contributed by atoms with van der Waals surface area (Å²) in [6.45, 7) is 3.95. The van der Waals surface area contributed by atoms with Gasteiger partial charge in [0.1, 0.15) is 11.7 Å². The van der Waals surface area contributed by atoms with Gasteiger partial charge in [0.2, 0.25) is 0 Å². The minimum Gasteiger partial charge on any atom is -0.497 e. The van der Waals surface area contributed by atoms with Crippen LogP contribution in [0.2, 0.25) is 0 Å². The molecule has 4 rings (SSSR count). The molecule has 0 radical (unpaired) electrons. The van der Waals surface area contributed by atoms with Crippen molar-refractivity contribution in [1.29, 1.82) is 0 Å². The SMILES string of the molecule is CCOC(=O)C1C(C)=NC2=C(C(=O)C[C@H](c3ccc(OC)cc3)C2)[C@H]1c1ccc(N(C)C)cc1. The van der Waals surface area contributed by atoms with Crippen LogP contribution in [0.1, 0.15) is 49.7 Å². The number of benzene rings is 2. The van der Waals surface area contributed by atoms with Crippen LogP contribution in [0, 0.1) is 5.92 Å². The normalized spacial score (nSPS) is 22.1. The Morgan fingerprint density at radius 1 is 1.03 bits per heavy atom. The number of esters is 1. The van der Waals surface area contributed by atoms with Gasteiger partial charge in [-0.3, -0.25) is 14.6 Å². The molecule has 0 saturated heterocycles. The van der Waals surface area contributed by atoms with Gasteiger partial charge >= 0.3 is 5.97 Å². The van der Waals surface area contributed by atoms with E-state index in [1.165, 1.54) is 0 Å². The lowest BCUT2D eigenvalue weighted by atomic mass is 9.69. The topological polar surface area (TPSA) is 68.2 Å². The van der Waals surface area contributed by atoms with Crippen LogP contribution >= 0.6 is 0 Å². The molecule has 3 atom stereocenters. The van der Waals surface area contributed by atoms with Crippen molar-refractivity contribution in [3.8, 4) is 5.75 Å². The predicted molar refractivity (Wildman–Crippen MR) is 134 cm³/mol. The molecule has 0 spiro atoms. The summed E-state index contributed by atoms with van der Waals surface area (Å²) in [6, 6.07) is 15.9. The zero-order valence-corrected chi connectivity index (χ0v) is 20.5. The summed E-state index contributed by atoms with van der Waals surface area (Å²) >= 11 is 0. The first-order chi connectivity index (χ1) is 16.3. The summed E-state index contributed by atoms with van der Waals surface area (Å²) in [5.74, 6) is -0.450. The highest BCUT2D eigenvalue weighted by atomic mass is 16.5. The summed E-state index contributed by atoms with van der Waals surface area (Å²) in [7, 11) is 5.61. The molecule has 0 N–H and O–H groups in total. The fraction of sp³-hybridized carbons (Fsp3) is 0.393. The number of nitrogens with zero attached hydrogens (tertiary/aromatic N) is 2. The van der Waals surface area contributed by atoms with Gasteiger partial charge in [0.25, 0.3) is 0 Å². The van der Waals surface area contributed by atoms with E-state index in [0.717, 1.165) is 28.3 Å². The number of ketones is 1. The number of hydrogen-bond donors (Lipinski definition) is 0. The van der Waals surface area contributed by atoms with Gasteiger partial charge < -0.3 is 14.4 Å². The number of methoxy groups -OCH3 is 1. The third-order valence-electron chi connectivity index (χ3n) is 6.78. The van der Waals surface area contributed by atoms with Crippen molar-refractivity contribution >= 4 is 23.2 Å². The van der Waals surface area contributed by atoms with E-state index < -0.39 is 11.8 Å². The van der Waals surface area contributed by atoms with Crippen molar-refractivity contribution < 1.29 is 19.1 Å². The van der Waals surface area contributed by atoms with Gasteiger partial charge in [-0.05, 0) is 61.6 Å². The summed E-state index contributed by atoms with van der Waals surface area (Å²) in [4.78, 5) is 33.5. The molecule has 0 saturated carbocycles. The third-order valence-corrected chi connectivity index (χ3v) is 6.78. The maximum atomic E-state index is 13.6. The summed E-state index contributed by atoms with van der Waals surface area (Å²) in [6.07, 6.45) is 1.05. The zero-order valence-electron chi connectivity index (χ0n) is 20.5. The Bertz CT molecular complexity index is 1130. The number of carbonyl (C=O) groups is 2. The zero-order chi connectivity index (χ0) is 24.4. The number of Topliss-reactive ketones (excluding diaryl/α,β-unsaturated/α-hetero) is 1. The quantitative estimate of drug-likeness (QED) is 0.574. The van der Waals surface area contributed by atoms with Crippen molar-refractivity contribution in [3.05, 3.63) is 70.9 Å². The third kappa shape index (κ3) is 4.49. The van der Waals surface area contributed by atoms with Gasteiger partial charge in [0.05, 0.1) is 13.7 Å². The van der Waals surface area contributed by atoms with Crippen molar-refractivity contribution in [2.24, 2.45) is 10.9 Å². The molecule has 1 unspecified atom stereocenters. The lowest BCUT2D eigenvalue weighted by molar-refractivity contribution is -0.146. The van der Waals surface area contributed by atoms with Crippen molar-refractivity contribution in [2.75, 3.05) is 32.7 Å². The molecule has 178 valence electrons. The molecule has 6 heteroatoms. The number of hydrogen-bond acceptors (Lipinski definition) is 6. The largest absolute Gasteiger partial charge is 0.497 e. The molecule has 2 aromatic rings. The molecule has 0 aromatic heterocycles. The average molecular weight is 461 g/mol. The van der Waals surface area contributed by atoms with Gasteiger partial charge in [-0.2, -0.15) is 0 Å². The Labute approximate surface area is 201 Å². The van der Waals surface area contributed by atoms with E-state index in [9.17, 15) is 9.59 Å². The Balaban J connectivity index is 1.76. The van der Waals surface area contributed by atoms with E-state index in [4.69, 9.17) is 14.5 Å². The van der Waals surface area contributed by atoms with Crippen LogP contribution in [0.4, 0.5) is 5.69 Å². The fourth-order valence-corrected chi connectivity index (χ4v) is 5.05. The van der Waals surface area contributed by atoms with Crippen LogP contribution in [0.25, 0.3) is 0 Å². The van der Waals surface area contributed by atoms with E-state index in [-0.39, 0.29) is 24.3 Å². The van der Waals surface area contributed by atoms with Crippen LogP contribution in [0.3, 0.4) is 0 Å². The number of carbonyl (C=O) groups excluding carboxylic acids is 2. The molecule has 0 fully saturated rings. The van der Waals surface area contributed by atoms with Crippen LogP contribution in [-0.4, -0.2) is 45.3 Å². The highest BCUT2D eigenvalue weighted by Gasteiger charge is 2.44. The Kier molecular flexibility index (Phi) is 6.87. The van der Waals surface area contributed by atoms with Crippen molar-refractivity contribution in [3.63, 3.8) is 0 Å². The highest BCUT2D eigenvalue weighted by molar-refractivity contribution is 6.09. The van der Waals surface area contributed by atoms with E-state index in [1.807, 2.05) is 74.4 Å². The smallest absolute Gasteiger partial charge is 0.315 e. The second kappa shape index (κ2) is 9.84. The molecule has 1 heterocycles. The van der Waals surface area contributed by atoms with E-state index in [0.29, 0.717) is 24.1 Å². The van der Waals surface area contributed by atoms with Gasteiger partial charge in [-0.15, -0.1) is 0 Å². The molecule has 6 nitrogen and oxygen atoms in total. The Morgan fingerprint density at radius 3 is 2.26 bits per heavy atom. The minimum atomic E-state index is -0.606. The second-order valence-corrected chi connectivity index (χ2v) is 9.11. The van der Waals surface area contributed by atoms with Gasteiger partial charge in [0, 0.05) is 49.1 Å². The van der Waals surface area contributed by atoms with E-state index >= 15 is 0 Å². The van der Waals surface area contributed by atoms with Crippen LogP contribution in [-0.2, 0) is 14.3 Å². The monoisotopic (exact) mass is 460 g/mol. The van der Waals surface area contributed by atoms with Gasteiger partial charge in [-0.1, -0.05) is 24.3 Å². The minimum absolute atomic E-state index is 0.0459. The van der Waals surface area contributed by atoms with Crippen LogP contribution in [0.5, 0.6) is 5.75 Å². The fourth-order valence-electron chi connectivity index (χ4n) is 5.05. The number of anilines is 1. The first kappa shape index (κ1) is 23.7. The molecule has 0 bridgehead atoms. The first-order valence-electron chi connectivity index (χ1n) is 11.7. The molecular formula is C28H32N2O4. The van der Waals surface area contributed by atoms with Gasteiger partial charge in [0.15, 0.2) is 5.78 Å². The molecule has 0 amide bonds. The molecule has 2 aliphatic rings. The maximum absolute atomic E-state index is 13.6. The second-order valence-electron chi connectivity index (χ2n) is 9.11. The standard InChI is InChI=1S/C28H32N2O4/c1-6-34-28(32)25-17(2)29-23-15-20(18-9-13-22(33-5)14-10-18)16-24(31)27(23)26(25)19-7-11-21(12-8-19)30(3)4/h7-14,20,25-26H,6,15-16H2,1-5H3/t20-,25?,26+/m1/s1. The highest BCUT2D eigenvalue weighted by Crippen LogP contribution is 2.47. The number of ether oxygens (including phenoxy) is 2. The van der Waals surface area contributed by atoms with Gasteiger partial charge in [-0.25, -0.2) is 0 Å². The Hall–Kier alpha value is -3.41. The lowest BCUT2D eigenvalue weighted by Crippen LogP contribution is -2.38. The first-order valence-corrected chi connectivity index (χ1v) is 11.7. The van der Waals surface area contributed by atoms with Crippen LogP contribution < -0.4 is 9.64 Å². The van der Waals surface area contributed by atoms with Crippen molar-refractivity contribution in [2.45, 2.75) is 38.5 Å². The Morgan fingerprint density at radius 2 is 1.68 bits per heavy atom. The molecule has 1 aliphatic heterocycles. The average Bonchev–Trinajstić information content (AvgIpc) is 2.83. The summed E-state index contributed by atoms with van der Waals surface area (Å²) in [5, 5.41) is 0. The number of allylic oxidation sites excluding steroid dienone is 2. The number of rotatable bonds is 6. The van der Waals surface area contributed by atoms with Crippen molar-refractivity contribution in [1.82, 2.24) is 0 Å². The number of aliphatic imine (C=N–C) groups is 1. The molecule has 1 aliphatic carbocycles. The van der Waals surface area contributed by atoms with Crippen LogP contribution in [0.15, 0.2) is 64.8 Å². The molecular weight excluding hydrogens is 428 g/mol. The summed E-state index contributed by atoms with van der Waals surface area (Å²) in [5.41, 5.74) is 5.22. The summed E-state index contributed by atoms with van der Waals surface area (Å²) < 4.78 is 10.7. The van der Waals surface area contributed by atoms with E-state index in [2.05, 4.69) is 0 Å². The van der Waals surface area contributed by atoms with E-state index in [1.54, 1.807) is 14.0 Å². The molecule has 2 aromatic carbocycles. The predicted octanol–water partition coefficient (Wildman–Crippen LogP) is 4.90. The lowest BCUT2D eigenvalue weighted by Gasteiger charge is -2.36. The molecule has 34 heavy (non-hydrogen) atoms. The maximum Gasteiger partial charge on any atom is 0.315 e.